The zero-order valence-electron chi connectivity index (χ0n) is 19.4. The molecule has 2 aromatic carbocycles. The molecule has 2 fully saturated rings. The summed E-state index contributed by atoms with van der Waals surface area (Å²) >= 11 is 0. The molecule has 1 aliphatic carbocycles. The topological polar surface area (TPSA) is 79.3 Å². The van der Waals surface area contributed by atoms with Gasteiger partial charge in [-0.1, -0.05) is 61.7 Å². The molecule has 0 bridgehead atoms. The van der Waals surface area contributed by atoms with Gasteiger partial charge in [-0.25, -0.2) is 5.01 Å². The van der Waals surface area contributed by atoms with Crippen LogP contribution in [0.5, 0.6) is 5.75 Å². The minimum atomic E-state index is -0.603. The Kier molecular flexibility index (Phi) is 5.94. The third-order valence-electron chi connectivity index (χ3n) is 7.37. The van der Waals surface area contributed by atoms with Gasteiger partial charge < -0.3 is 4.74 Å². The first-order valence-corrected chi connectivity index (χ1v) is 11.9. The lowest BCUT2D eigenvalue weighted by Crippen LogP contribution is -2.43. The molecule has 3 amide bonds. The molecule has 2 aliphatic heterocycles. The molecule has 2 heterocycles. The van der Waals surface area contributed by atoms with Crippen LogP contribution in [0, 0.1) is 5.41 Å². The number of hydrogen-bond donors (Lipinski definition) is 0. The highest BCUT2D eigenvalue weighted by Crippen LogP contribution is 2.45. The van der Waals surface area contributed by atoms with Crippen LogP contribution in [0.2, 0.25) is 0 Å². The number of rotatable bonds is 5. The summed E-state index contributed by atoms with van der Waals surface area (Å²) in [6.07, 6.45) is 5.24. The molecular weight excluding hydrogens is 430 g/mol. The van der Waals surface area contributed by atoms with Gasteiger partial charge in [-0.2, -0.15) is 5.10 Å². The van der Waals surface area contributed by atoms with Gasteiger partial charge in [-0.05, 0) is 36.1 Å². The van der Waals surface area contributed by atoms with Crippen LogP contribution < -0.4 is 4.74 Å². The quantitative estimate of drug-likeness (QED) is 0.631. The van der Waals surface area contributed by atoms with Gasteiger partial charge in [-0.15, -0.1) is 0 Å². The average Bonchev–Trinajstić information content (AvgIpc) is 3.41. The van der Waals surface area contributed by atoms with E-state index in [2.05, 4.69) is 5.10 Å². The summed E-state index contributed by atoms with van der Waals surface area (Å²) in [6, 6.07) is 17.0. The van der Waals surface area contributed by atoms with Crippen LogP contribution in [0.15, 0.2) is 59.7 Å². The summed E-state index contributed by atoms with van der Waals surface area (Å²) < 4.78 is 5.27. The summed E-state index contributed by atoms with van der Waals surface area (Å²) in [5.41, 5.74) is 2.07. The molecular formula is C27H29N3O4. The molecule has 1 unspecified atom stereocenters. The molecule has 1 saturated carbocycles. The Bertz CT molecular complexity index is 1120. The van der Waals surface area contributed by atoms with E-state index in [1.807, 2.05) is 54.6 Å². The van der Waals surface area contributed by atoms with E-state index in [0.717, 1.165) is 54.7 Å². The SMILES string of the molecule is COc1ccc(C2CC(c3ccccc3)=NN2C(=O)CN2C(=O)CC3(CCCCC3)C2=O)cc1. The fourth-order valence-electron chi connectivity index (χ4n) is 5.48. The van der Waals surface area contributed by atoms with Crippen LogP contribution in [0.3, 0.4) is 0 Å². The molecule has 7 heteroatoms. The van der Waals surface area contributed by atoms with Crippen molar-refractivity contribution in [3.8, 4) is 5.75 Å². The van der Waals surface area contributed by atoms with Crippen LogP contribution in [-0.2, 0) is 14.4 Å². The molecule has 34 heavy (non-hydrogen) atoms. The Morgan fingerprint density at radius 3 is 2.41 bits per heavy atom. The summed E-state index contributed by atoms with van der Waals surface area (Å²) in [6.45, 7) is -0.266. The normalized spacial score (nSPS) is 21.8. The molecule has 1 atom stereocenters. The lowest BCUT2D eigenvalue weighted by Gasteiger charge is -2.30. The number of likely N-dealkylation sites (tertiary alicyclic amines) is 1. The Hall–Kier alpha value is -3.48. The number of methoxy groups -OCH3 is 1. The highest BCUT2D eigenvalue weighted by molar-refractivity contribution is 6.08. The molecule has 176 valence electrons. The summed E-state index contributed by atoms with van der Waals surface area (Å²) in [5, 5.41) is 6.13. The predicted octanol–water partition coefficient (Wildman–Crippen LogP) is 4.08. The molecule has 1 saturated heterocycles. The van der Waals surface area contributed by atoms with Crippen molar-refractivity contribution in [3.05, 3.63) is 65.7 Å². The maximum Gasteiger partial charge on any atom is 0.263 e. The van der Waals surface area contributed by atoms with E-state index in [0.29, 0.717) is 6.42 Å². The second kappa shape index (κ2) is 9.05. The number of benzene rings is 2. The molecule has 0 N–H and O–H groups in total. The second-order valence-corrected chi connectivity index (χ2v) is 9.45. The van der Waals surface area contributed by atoms with Gasteiger partial charge in [0.15, 0.2) is 0 Å². The molecule has 1 spiro atoms. The van der Waals surface area contributed by atoms with E-state index in [4.69, 9.17) is 4.74 Å². The van der Waals surface area contributed by atoms with Crippen molar-refractivity contribution in [2.45, 2.75) is 51.0 Å². The van der Waals surface area contributed by atoms with Crippen LogP contribution in [0.4, 0.5) is 0 Å². The van der Waals surface area contributed by atoms with Gasteiger partial charge in [0.25, 0.3) is 5.91 Å². The Labute approximate surface area is 199 Å². The molecule has 7 nitrogen and oxygen atoms in total. The monoisotopic (exact) mass is 459 g/mol. The molecule has 3 aliphatic rings. The fourth-order valence-corrected chi connectivity index (χ4v) is 5.48. The largest absolute Gasteiger partial charge is 0.497 e. The lowest BCUT2D eigenvalue weighted by atomic mass is 9.73. The number of imide groups is 1. The Balaban J connectivity index is 1.41. The van der Waals surface area contributed by atoms with Crippen molar-refractivity contribution in [2.75, 3.05) is 13.7 Å². The van der Waals surface area contributed by atoms with E-state index in [1.54, 1.807) is 7.11 Å². The van der Waals surface area contributed by atoms with Crippen LogP contribution in [0.25, 0.3) is 0 Å². The van der Waals surface area contributed by atoms with Gasteiger partial charge >= 0.3 is 0 Å². The standard InChI is InChI=1S/C27H29N3O4/c1-34-21-12-10-20(11-13-21)23-16-22(19-8-4-2-5-9-19)28-30(23)25(32)18-29-24(31)17-27(26(29)33)14-6-3-7-15-27/h2,4-5,8-13,23H,3,6-7,14-18H2,1H3. The first-order chi connectivity index (χ1) is 16.5. The summed E-state index contributed by atoms with van der Waals surface area (Å²) in [5.74, 6) is -0.0399. The Morgan fingerprint density at radius 1 is 1.03 bits per heavy atom. The number of ether oxygens (including phenoxy) is 1. The van der Waals surface area contributed by atoms with E-state index in [9.17, 15) is 14.4 Å². The molecule has 5 rings (SSSR count). The van der Waals surface area contributed by atoms with Crippen molar-refractivity contribution in [1.82, 2.24) is 9.91 Å². The smallest absolute Gasteiger partial charge is 0.263 e. The number of nitrogens with zero attached hydrogens (tertiary/aromatic N) is 3. The lowest BCUT2D eigenvalue weighted by molar-refractivity contribution is -0.148. The van der Waals surface area contributed by atoms with Gasteiger partial charge in [0.2, 0.25) is 11.8 Å². The number of amides is 3. The molecule has 0 radical (unpaired) electrons. The van der Waals surface area contributed by atoms with Crippen molar-refractivity contribution in [2.24, 2.45) is 10.5 Å². The van der Waals surface area contributed by atoms with E-state index >= 15 is 0 Å². The van der Waals surface area contributed by atoms with Gasteiger partial charge in [-0.3, -0.25) is 19.3 Å². The average molecular weight is 460 g/mol. The van der Waals surface area contributed by atoms with Crippen LogP contribution >= 0.6 is 0 Å². The van der Waals surface area contributed by atoms with Crippen LogP contribution in [-0.4, -0.2) is 47.0 Å². The highest BCUT2D eigenvalue weighted by atomic mass is 16.5. The third kappa shape index (κ3) is 4.00. The first-order valence-electron chi connectivity index (χ1n) is 11.9. The third-order valence-corrected chi connectivity index (χ3v) is 7.37. The number of carbonyl (C=O) groups is 3. The molecule has 0 aromatic heterocycles. The van der Waals surface area contributed by atoms with E-state index < -0.39 is 5.41 Å². The van der Waals surface area contributed by atoms with Crippen molar-refractivity contribution < 1.29 is 19.1 Å². The number of hydrazone groups is 1. The first kappa shape index (κ1) is 22.3. The van der Waals surface area contributed by atoms with Gasteiger partial charge in [0.1, 0.15) is 12.3 Å². The highest BCUT2D eigenvalue weighted by Gasteiger charge is 2.52. The second-order valence-electron chi connectivity index (χ2n) is 9.45. The van der Waals surface area contributed by atoms with Gasteiger partial charge in [0.05, 0.1) is 24.3 Å². The minimum Gasteiger partial charge on any atom is -0.497 e. The summed E-state index contributed by atoms with van der Waals surface area (Å²) in [4.78, 5) is 40.7. The fraction of sp³-hybridized carbons (Fsp3) is 0.407. The molecule has 2 aromatic rings. The van der Waals surface area contributed by atoms with Gasteiger partial charge in [0, 0.05) is 12.8 Å². The van der Waals surface area contributed by atoms with Crippen molar-refractivity contribution >= 4 is 23.4 Å². The summed E-state index contributed by atoms with van der Waals surface area (Å²) in [7, 11) is 1.61. The number of hydrogen-bond acceptors (Lipinski definition) is 5. The maximum atomic E-state index is 13.5. The zero-order valence-corrected chi connectivity index (χ0v) is 19.4. The Morgan fingerprint density at radius 2 is 1.74 bits per heavy atom. The maximum absolute atomic E-state index is 13.5. The van der Waals surface area contributed by atoms with Crippen molar-refractivity contribution in [1.29, 1.82) is 0 Å². The minimum absolute atomic E-state index is 0.182. The van der Waals surface area contributed by atoms with Crippen molar-refractivity contribution in [3.63, 3.8) is 0 Å². The number of carbonyl (C=O) groups excluding carboxylic acids is 3. The van der Waals surface area contributed by atoms with E-state index in [1.165, 1.54) is 9.91 Å². The zero-order chi connectivity index (χ0) is 23.7. The predicted molar refractivity (Wildman–Crippen MR) is 127 cm³/mol. The van der Waals surface area contributed by atoms with Crippen LogP contribution in [0.1, 0.15) is 62.1 Å². The van der Waals surface area contributed by atoms with E-state index in [-0.39, 0.29) is 36.7 Å².